The predicted molar refractivity (Wildman–Crippen MR) is 73.5 cm³/mol. The Hall–Kier alpha value is -1.26. The first kappa shape index (κ1) is 16.7. The zero-order valence-corrected chi connectivity index (χ0v) is 12.2. The van der Waals surface area contributed by atoms with E-state index >= 15 is 0 Å². The second kappa shape index (κ2) is 7.24. The first-order valence-electron chi connectivity index (χ1n) is 6.56. The van der Waals surface area contributed by atoms with Crippen molar-refractivity contribution in [2.75, 3.05) is 0 Å². The number of amides is 1. The SMILES string of the molecule is CCC(C)(C(=O)NC(C)CCC(C)C)C(N)=NO. The van der Waals surface area contributed by atoms with Gasteiger partial charge in [-0.2, -0.15) is 0 Å². The van der Waals surface area contributed by atoms with Gasteiger partial charge in [-0.05, 0) is 39.0 Å². The molecule has 0 aliphatic carbocycles. The van der Waals surface area contributed by atoms with Crippen molar-refractivity contribution in [1.29, 1.82) is 0 Å². The number of carbonyl (C=O) groups is 1. The van der Waals surface area contributed by atoms with E-state index in [9.17, 15) is 4.79 Å². The lowest BCUT2D eigenvalue weighted by Gasteiger charge is -2.27. The van der Waals surface area contributed by atoms with E-state index in [4.69, 9.17) is 10.9 Å². The lowest BCUT2D eigenvalue weighted by atomic mass is 9.85. The van der Waals surface area contributed by atoms with Crippen molar-refractivity contribution in [2.24, 2.45) is 22.2 Å². The number of nitrogens with one attached hydrogen (secondary N) is 1. The van der Waals surface area contributed by atoms with Crippen molar-refractivity contribution in [3.05, 3.63) is 0 Å². The minimum absolute atomic E-state index is 0.0430. The molecule has 2 unspecified atom stereocenters. The number of hydrogen-bond acceptors (Lipinski definition) is 3. The normalized spacial score (nSPS) is 17.3. The van der Waals surface area contributed by atoms with Crippen molar-refractivity contribution in [3.63, 3.8) is 0 Å². The third kappa shape index (κ3) is 4.55. The van der Waals surface area contributed by atoms with Crippen molar-refractivity contribution in [3.8, 4) is 0 Å². The summed E-state index contributed by atoms with van der Waals surface area (Å²) in [6.07, 6.45) is 2.48. The predicted octanol–water partition coefficient (Wildman–Crippen LogP) is 2.09. The van der Waals surface area contributed by atoms with Gasteiger partial charge in [-0.25, -0.2) is 0 Å². The first-order valence-corrected chi connectivity index (χ1v) is 6.56. The van der Waals surface area contributed by atoms with Gasteiger partial charge in [0.15, 0.2) is 5.84 Å². The third-order valence-corrected chi connectivity index (χ3v) is 3.44. The van der Waals surface area contributed by atoms with Gasteiger partial charge < -0.3 is 16.3 Å². The molecule has 0 radical (unpaired) electrons. The highest BCUT2D eigenvalue weighted by atomic mass is 16.4. The average molecular weight is 257 g/mol. The summed E-state index contributed by atoms with van der Waals surface area (Å²) in [6, 6.07) is 0.0947. The Labute approximate surface area is 110 Å². The van der Waals surface area contributed by atoms with E-state index < -0.39 is 5.41 Å². The van der Waals surface area contributed by atoms with Crippen LogP contribution in [-0.4, -0.2) is 23.0 Å². The number of rotatable bonds is 7. The van der Waals surface area contributed by atoms with Gasteiger partial charge in [-0.1, -0.05) is 25.9 Å². The summed E-state index contributed by atoms with van der Waals surface area (Å²) in [5.41, 5.74) is 4.66. The highest BCUT2D eigenvalue weighted by Crippen LogP contribution is 2.22. The minimum atomic E-state index is -0.944. The molecule has 1 amide bonds. The monoisotopic (exact) mass is 257 g/mol. The fourth-order valence-corrected chi connectivity index (χ4v) is 1.61. The van der Waals surface area contributed by atoms with Crippen LogP contribution in [0, 0.1) is 11.3 Å². The highest BCUT2D eigenvalue weighted by Gasteiger charge is 2.36. The Balaban J connectivity index is 4.54. The van der Waals surface area contributed by atoms with E-state index in [2.05, 4.69) is 24.3 Å². The van der Waals surface area contributed by atoms with Gasteiger partial charge in [0.05, 0.1) is 0 Å². The van der Waals surface area contributed by atoms with E-state index in [0.717, 1.165) is 12.8 Å². The van der Waals surface area contributed by atoms with Crippen LogP contribution in [0.4, 0.5) is 0 Å². The van der Waals surface area contributed by atoms with Gasteiger partial charge in [-0.15, -0.1) is 0 Å². The van der Waals surface area contributed by atoms with Crippen molar-refractivity contribution >= 4 is 11.7 Å². The molecule has 2 atom stereocenters. The summed E-state index contributed by atoms with van der Waals surface area (Å²) in [5.74, 6) is 0.390. The zero-order valence-electron chi connectivity index (χ0n) is 12.2. The molecule has 18 heavy (non-hydrogen) atoms. The van der Waals surface area contributed by atoms with Crippen LogP contribution in [-0.2, 0) is 4.79 Å². The Morgan fingerprint density at radius 3 is 2.33 bits per heavy atom. The van der Waals surface area contributed by atoms with Gasteiger partial charge >= 0.3 is 0 Å². The minimum Gasteiger partial charge on any atom is -0.409 e. The van der Waals surface area contributed by atoms with Gasteiger partial charge in [0.1, 0.15) is 5.41 Å². The maximum absolute atomic E-state index is 12.2. The van der Waals surface area contributed by atoms with Crippen LogP contribution in [0.5, 0.6) is 0 Å². The molecule has 106 valence electrons. The second-order valence-electron chi connectivity index (χ2n) is 5.52. The Morgan fingerprint density at radius 2 is 1.94 bits per heavy atom. The molecule has 5 heteroatoms. The van der Waals surface area contributed by atoms with Crippen LogP contribution in [0.2, 0.25) is 0 Å². The van der Waals surface area contributed by atoms with E-state index in [0.29, 0.717) is 12.3 Å². The zero-order chi connectivity index (χ0) is 14.3. The van der Waals surface area contributed by atoms with Crippen molar-refractivity contribution < 1.29 is 10.0 Å². The van der Waals surface area contributed by atoms with Crippen molar-refractivity contribution in [2.45, 2.75) is 59.9 Å². The number of nitrogens with zero attached hydrogens (tertiary/aromatic N) is 1. The number of amidine groups is 1. The first-order chi connectivity index (χ1) is 8.27. The molecule has 0 aliphatic heterocycles. The maximum atomic E-state index is 12.2. The molecule has 0 rings (SSSR count). The third-order valence-electron chi connectivity index (χ3n) is 3.44. The summed E-state index contributed by atoms with van der Waals surface area (Å²) in [6.45, 7) is 9.81. The Morgan fingerprint density at radius 1 is 1.39 bits per heavy atom. The topological polar surface area (TPSA) is 87.7 Å². The van der Waals surface area contributed by atoms with E-state index in [1.54, 1.807) is 6.92 Å². The molecule has 0 aromatic heterocycles. The lowest BCUT2D eigenvalue weighted by Crippen LogP contribution is -2.49. The standard InChI is InChI=1S/C13H27N3O2/c1-6-13(5,11(14)16-18)12(17)15-10(4)8-7-9(2)3/h9-10,18H,6-8H2,1-5H3,(H2,14,16)(H,15,17). The molecule has 0 aromatic carbocycles. The highest BCUT2D eigenvalue weighted by molar-refractivity contribution is 6.06. The molecule has 0 saturated carbocycles. The fraction of sp³-hybridized carbons (Fsp3) is 0.846. The molecule has 0 aromatic rings. The van der Waals surface area contributed by atoms with E-state index in [1.807, 2.05) is 13.8 Å². The molecule has 4 N–H and O–H groups in total. The molecule has 0 fully saturated rings. The number of hydrogen-bond donors (Lipinski definition) is 3. The second-order valence-corrected chi connectivity index (χ2v) is 5.52. The molecular weight excluding hydrogens is 230 g/mol. The number of carbonyl (C=O) groups excluding carboxylic acids is 1. The summed E-state index contributed by atoms with van der Waals surface area (Å²) in [7, 11) is 0. The summed E-state index contributed by atoms with van der Waals surface area (Å²) >= 11 is 0. The summed E-state index contributed by atoms with van der Waals surface area (Å²) < 4.78 is 0. The van der Waals surface area contributed by atoms with Crippen LogP contribution in [0.1, 0.15) is 53.9 Å². The molecule has 0 bridgehead atoms. The molecule has 0 aliphatic rings. The van der Waals surface area contributed by atoms with E-state index in [1.165, 1.54) is 0 Å². The number of oxime groups is 1. The van der Waals surface area contributed by atoms with Crippen LogP contribution in [0.3, 0.4) is 0 Å². The van der Waals surface area contributed by atoms with Crippen LogP contribution >= 0.6 is 0 Å². The van der Waals surface area contributed by atoms with Gasteiger partial charge in [-0.3, -0.25) is 4.79 Å². The average Bonchev–Trinajstić information content (AvgIpc) is 2.33. The molecule has 5 nitrogen and oxygen atoms in total. The summed E-state index contributed by atoms with van der Waals surface area (Å²) in [4.78, 5) is 12.2. The quantitative estimate of drug-likeness (QED) is 0.282. The van der Waals surface area contributed by atoms with Gasteiger partial charge in [0.2, 0.25) is 5.91 Å². The summed E-state index contributed by atoms with van der Waals surface area (Å²) in [5, 5.41) is 14.6. The molecule has 0 heterocycles. The molecular formula is C13H27N3O2. The molecule has 0 saturated heterocycles. The largest absolute Gasteiger partial charge is 0.409 e. The smallest absolute Gasteiger partial charge is 0.233 e. The Bertz CT molecular complexity index is 303. The van der Waals surface area contributed by atoms with E-state index in [-0.39, 0.29) is 17.8 Å². The van der Waals surface area contributed by atoms with Crippen molar-refractivity contribution in [1.82, 2.24) is 5.32 Å². The maximum Gasteiger partial charge on any atom is 0.233 e. The Kier molecular flexibility index (Phi) is 6.73. The molecule has 0 spiro atoms. The van der Waals surface area contributed by atoms with Crippen LogP contribution in [0.25, 0.3) is 0 Å². The van der Waals surface area contributed by atoms with Gasteiger partial charge in [0.25, 0.3) is 0 Å². The fourth-order valence-electron chi connectivity index (χ4n) is 1.61. The number of nitrogens with two attached hydrogens (primary N) is 1. The van der Waals surface area contributed by atoms with Crippen LogP contribution in [0.15, 0.2) is 5.16 Å². The lowest BCUT2D eigenvalue weighted by molar-refractivity contribution is -0.127. The van der Waals surface area contributed by atoms with Gasteiger partial charge in [0, 0.05) is 6.04 Å². The van der Waals surface area contributed by atoms with Crippen LogP contribution < -0.4 is 11.1 Å².